The van der Waals surface area contributed by atoms with Crippen LogP contribution in [0.3, 0.4) is 0 Å². The van der Waals surface area contributed by atoms with Crippen molar-refractivity contribution >= 4 is 6.01 Å². The van der Waals surface area contributed by atoms with Crippen LogP contribution in [-0.4, -0.2) is 29.8 Å². The second-order valence-electron chi connectivity index (χ2n) is 3.86. The standard InChI is InChI=1S/C9H16N4O/c1-7-3-5-13(6-7)9-12-11-8(14-9)2-4-10/h7H,2-6,10H2,1H3. The number of rotatable bonds is 3. The largest absolute Gasteiger partial charge is 0.408 e. The minimum atomic E-state index is 0.554. The van der Waals surface area contributed by atoms with Gasteiger partial charge in [-0.2, -0.15) is 0 Å². The van der Waals surface area contributed by atoms with Crippen LogP contribution in [-0.2, 0) is 6.42 Å². The first-order valence-corrected chi connectivity index (χ1v) is 5.07. The highest BCUT2D eigenvalue weighted by Gasteiger charge is 2.22. The molecule has 2 N–H and O–H groups in total. The van der Waals surface area contributed by atoms with E-state index < -0.39 is 0 Å². The molecule has 0 radical (unpaired) electrons. The van der Waals surface area contributed by atoms with Crippen LogP contribution in [0, 0.1) is 5.92 Å². The highest BCUT2D eigenvalue weighted by Crippen LogP contribution is 2.21. The second-order valence-corrected chi connectivity index (χ2v) is 3.86. The van der Waals surface area contributed by atoms with Gasteiger partial charge in [0.25, 0.3) is 0 Å². The van der Waals surface area contributed by atoms with E-state index in [9.17, 15) is 0 Å². The molecule has 0 bridgehead atoms. The Morgan fingerprint density at radius 3 is 3.07 bits per heavy atom. The average molecular weight is 196 g/mol. The Kier molecular flexibility index (Phi) is 2.67. The van der Waals surface area contributed by atoms with Crippen LogP contribution in [0.15, 0.2) is 4.42 Å². The number of anilines is 1. The molecule has 1 aliphatic heterocycles. The fraction of sp³-hybridized carbons (Fsp3) is 0.778. The summed E-state index contributed by atoms with van der Waals surface area (Å²) in [5.74, 6) is 1.36. The van der Waals surface area contributed by atoms with E-state index in [1.54, 1.807) is 0 Å². The predicted molar refractivity (Wildman–Crippen MR) is 53.1 cm³/mol. The average Bonchev–Trinajstić information content (AvgIpc) is 2.74. The molecule has 2 heterocycles. The van der Waals surface area contributed by atoms with Gasteiger partial charge in [0, 0.05) is 26.1 Å². The maximum atomic E-state index is 5.48. The lowest BCUT2D eigenvalue weighted by Crippen LogP contribution is -2.19. The molecule has 0 amide bonds. The summed E-state index contributed by atoms with van der Waals surface area (Å²) in [6, 6.07) is 0.651. The molecule has 1 atom stereocenters. The van der Waals surface area contributed by atoms with Gasteiger partial charge in [0.1, 0.15) is 0 Å². The zero-order valence-corrected chi connectivity index (χ0v) is 8.44. The topological polar surface area (TPSA) is 68.2 Å². The summed E-state index contributed by atoms with van der Waals surface area (Å²) >= 11 is 0. The van der Waals surface area contributed by atoms with E-state index in [1.807, 2.05) is 0 Å². The summed E-state index contributed by atoms with van der Waals surface area (Å²) in [5.41, 5.74) is 5.40. The summed E-state index contributed by atoms with van der Waals surface area (Å²) in [4.78, 5) is 2.14. The van der Waals surface area contributed by atoms with E-state index >= 15 is 0 Å². The summed E-state index contributed by atoms with van der Waals surface area (Å²) in [6.07, 6.45) is 1.87. The first-order chi connectivity index (χ1) is 6.79. The first kappa shape index (κ1) is 9.45. The van der Waals surface area contributed by atoms with Crippen molar-refractivity contribution < 1.29 is 4.42 Å². The molecule has 0 spiro atoms. The third-order valence-electron chi connectivity index (χ3n) is 2.51. The molecule has 1 aromatic heterocycles. The van der Waals surface area contributed by atoms with Gasteiger partial charge in [0.2, 0.25) is 5.89 Å². The van der Waals surface area contributed by atoms with Crippen LogP contribution in [0.4, 0.5) is 6.01 Å². The van der Waals surface area contributed by atoms with Crippen molar-refractivity contribution in [1.29, 1.82) is 0 Å². The fourth-order valence-corrected chi connectivity index (χ4v) is 1.71. The van der Waals surface area contributed by atoms with Crippen LogP contribution in [0.2, 0.25) is 0 Å². The van der Waals surface area contributed by atoms with E-state index in [0.717, 1.165) is 19.0 Å². The summed E-state index contributed by atoms with van der Waals surface area (Å²) in [5, 5.41) is 7.94. The lowest BCUT2D eigenvalue weighted by atomic mass is 10.2. The highest BCUT2D eigenvalue weighted by molar-refractivity contribution is 5.26. The van der Waals surface area contributed by atoms with Crippen molar-refractivity contribution in [3.8, 4) is 0 Å². The monoisotopic (exact) mass is 196 g/mol. The second kappa shape index (κ2) is 3.96. The summed E-state index contributed by atoms with van der Waals surface area (Å²) in [7, 11) is 0. The third kappa shape index (κ3) is 1.87. The van der Waals surface area contributed by atoms with Crippen LogP contribution in [0.5, 0.6) is 0 Å². The van der Waals surface area contributed by atoms with E-state index in [1.165, 1.54) is 6.42 Å². The van der Waals surface area contributed by atoms with E-state index in [-0.39, 0.29) is 0 Å². The molecule has 1 saturated heterocycles. The number of nitrogens with zero attached hydrogens (tertiary/aromatic N) is 3. The minimum Gasteiger partial charge on any atom is -0.408 e. The first-order valence-electron chi connectivity index (χ1n) is 5.07. The van der Waals surface area contributed by atoms with Crippen LogP contribution in [0.1, 0.15) is 19.2 Å². The van der Waals surface area contributed by atoms with Gasteiger partial charge >= 0.3 is 6.01 Å². The Morgan fingerprint density at radius 1 is 1.57 bits per heavy atom. The van der Waals surface area contributed by atoms with Gasteiger partial charge in [-0.15, -0.1) is 5.10 Å². The van der Waals surface area contributed by atoms with Gasteiger partial charge in [0.15, 0.2) is 0 Å². The van der Waals surface area contributed by atoms with Gasteiger partial charge in [-0.25, -0.2) is 0 Å². The zero-order valence-electron chi connectivity index (χ0n) is 8.44. The molecule has 5 heteroatoms. The maximum Gasteiger partial charge on any atom is 0.318 e. The van der Waals surface area contributed by atoms with Crippen molar-refractivity contribution in [2.45, 2.75) is 19.8 Å². The van der Waals surface area contributed by atoms with Crippen molar-refractivity contribution in [1.82, 2.24) is 10.2 Å². The summed E-state index contributed by atoms with van der Waals surface area (Å²) in [6.45, 7) is 4.82. The smallest absolute Gasteiger partial charge is 0.318 e. The van der Waals surface area contributed by atoms with E-state index in [0.29, 0.717) is 24.9 Å². The Hall–Kier alpha value is -1.10. The Balaban J connectivity index is 2.02. The quantitative estimate of drug-likeness (QED) is 0.758. The van der Waals surface area contributed by atoms with Gasteiger partial charge in [-0.05, 0) is 12.3 Å². The summed E-state index contributed by atoms with van der Waals surface area (Å²) < 4.78 is 5.48. The molecule has 0 saturated carbocycles. The van der Waals surface area contributed by atoms with Crippen LogP contribution in [0.25, 0.3) is 0 Å². The Labute approximate surface area is 83.3 Å². The van der Waals surface area contributed by atoms with Crippen LogP contribution >= 0.6 is 0 Å². The normalized spacial score (nSPS) is 21.9. The fourth-order valence-electron chi connectivity index (χ4n) is 1.71. The molecular weight excluding hydrogens is 180 g/mol. The molecule has 1 fully saturated rings. The third-order valence-corrected chi connectivity index (χ3v) is 2.51. The van der Waals surface area contributed by atoms with Gasteiger partial charge in [-0.1, -0.05) is 12.0 Å². The molecule has 0 aliphatic carbocycles. The molecule has 2 rings (SSSR count). The van der Waals surface area contributed by atoms with E-state index in [4.69, 9.17) is 10.2 Å². The Bertz CT molecular complexity index is 299. The molecule has 5 nitrogen and oxygen atoms in total. The van der Waals surface area contributed by atoms with Crippen LogP contribution < -0.4 is 10.6 Å². The van der Waals surface area contributed by atoms with E-state index in [2.05, 4.69) is 22.0 Å². The number of nitrogens with two attached hydrogens (primary N) is 1. The molecule has 0 aromatic carbocycles. The molecule has 1 aliphatic rings. The molecule has 1 unspecified atom stereocenters. The lowest BCUT2D eigenvalue weighted by Gasteiger charge is -2.10. The molecule has 1 aromatic rings. The van der Waals surface area contributed by atoms with Gasteiger partial charge < -0.3 is 15.1 Å². The van der Waals surface area contributed by atoms with Crippen molar-refractivity contribution in [2.75, 3.05) is 24.5 Å². The maximum absolute atomic E-state index is 5.48. The van der Waals surface area contributed by atoms with Crippen molar-refractivity contribution in [2.24, 2.45) is 11.7 Å². The SMILES string of the molecule is CC1CCN(c2nnc(CCN)o2)C1. The minimum absolute atomic E-state index is 0.554. The highest BCUT2D eigenvalue weighted by atomic mass is 16.4. The zero-order chi connectivity index (χ0) is 9.97. The number of aromatic nitrogens is 2. The van der Waals surface area contributed by atoms with Gasteiger partial charge in [0.05, 0.1) is 0 Å². The Morgan fingerprint density at radius 2 is 2.43 bits per heavy atom. The molecule has 14 heavy (non-hydrogen) atoms. The van der Waals surface area contributed by atoms with Gasteiger partial charge in [-0.3, -0.25) is 0 Å². The van der Waals surface area contributed by atoms with Crippen molar-refractivity contribution in [3.63, 3.8) is 0 Å². The predicted octanol–water partition coefficient (Wildman–Crippen LogP) is 0.417. The van der Waals surface area contributed by atoms with Crippen molar-refractivity contribution in [3.05, 3.63) is 5.89 Å². The molecule has 78 valence electrons. The lowest BCUT2D eigenvalue weighted by molar-refractivity contribution is 0.489. The molecular formula is C9H16N4O. The number of hydrogen-bond acceptors (Lipinski definition) is 5. The number of hydrogen-bond donors (Lipinski definition) is 1.